The summed E-state index contributed by atoms with van der Waals surface area (Å²) in [5, 5.41) is 0. The highest BCUT2D eigenvalue weighted by Crippen LogP contribution is 2.14. The SMILES string of the molecule is CCN1CCN(c2cccc(C(N)=S)n2)CC1. The minimum atomic E-state index is 0.360. The van der Waals surface area contributed by atoms with Gasteiger partial charge in [0.1, 0.15) is 10.8 Å². The molecule has 2 rings (SSSR count). The fraction of sp³-hybridized carbons (Fsp3) is 0.500. The van der Waals surface area contributed by atoms with Crippen LogP contribution in [0.15, 0.2) is 18.2 Å². The second-order valence-corrected chi connectivity index (χ2v) is 4.61. The van der Waals surface area contributed by atoms with Gasteiger partial charge in [0.2, 0.25) is 0 Å². The van der Waals surface area contributed by atoms with Crippen LogP contribution in [0.5, 0.6) is 0 Å². The molecule has 5 heteroatoms. The smallest absolute Gasteiger partial charge is 0.129 e. The highest BCUT2D eigenvalue weighted by atomic mass is 32.1. The maximum Gasteiger partial charge on any atom is 0.129 e. The molecule has 0 spiro atoms. The largest absolute Gasteiger partial charge is 0.388 e. The maximum atomic E-state index is 5.60. The Hall–Kier alpha value is -1.20. The van der Waals surface area contributed by atoms with Gasteiger partial charge in [0.15, 0.2) is 0 Å². The number of hydrogen-bond donors (Lipinski definition) is 1. The van der Waals surface area contributed by atoms with Crippen molar-refractivity contribution in [2.75, 3.05) is 37.6 Å². The van der Waals surface area contributed by atoms with Gasteiger partial charge in [0.05, 0.1) is 5.69 Å². The molecule has 1 aliphatic heterocycles. The van der Waals surface area contributed by atoms with Crippen LogP contribution in [0.2, 0.25) is 0 Å². The lowest BCUT2D eigenvalue weighted by Crippen LogP contribution is -2.46. The monoisotopic (exact) mass is 250 g/mol. The lowest BCUT2D eigenvalue weighted by Gasteiger charge is -2.34. The Morgan fingerprint density at radius 3 is 2.65 bits per heavy atom. The molecule has 0 aromatic carbocycles. The number of hydrogen-bond acceptors (Lipinski definition) is 4. The van der Waals surface area contributed by atoms with Gasteiger partial charge in [-0.05, 0) is 18.7 Å². The third kappa shape index (κ3) is 2.92. The Morgan fingerprint density at radius 2 is 2.06 bits per heavy atom. The topological polar surface area (TPSA) is 45.4 Å². The minimum absolute atomic E-state index is 0.360. The zero-order valence-corrected chi connectivity index (χ0v) is 10.9. The molecule has 0 atom stereocenters. The van der Waals surface area contributed by atoms with Gasteiger partial charge in [-0.15, -0.1) is 0 Å². The molecule has 17 heavy (non-hydrogen) atoms. The van der Waals surface area contributed by atoms with Crippen LogP contribution < -0.4 is 10.6 Å². The summed E-state index contributed by atoms with van der Waals surface area (Å²) < 4.78 is 0. The van der Waals surface area contributed by atoms with Crippen LogP contribution in [0.3, 0.4) is 0 Å². The van der Waals surface area contributed by atoms with Crippen LogP contribution in [0.1, 0.15) is 12.6 Å². The van der Waals surface area contributed by atoms with Crippen LogP contribution >= 0.6 is 12.2 Å². The van der Waals surface area contributed by atoms with Crippen LogP contribution in [0.25, 0.3) is 0 Å². The van der Waals surface area contributed by atoms with E-state index in [4.69, 9.17) is 18.0 Å². The number of anilines is 1. The molecule has 2 N–H and O–H groups in total. The molecule has 1 aliphatic rings. The summed E-state index contributed by atoms with van der Waals surface area (Å²) in [6.07, 6.45) is 0. The van der Waals surface area contributed by atoms with Gasteiger partial charge in [-0.25, -0.2) is 4.98 Å². The van der Waals surface area contributed by atoms with Crippen molar-refractivity contribution in [3.05, 3.63) is 23.9 Å². The summed E-state index contributed by atoms with van der Waals surface area (Å²) in [4.78, 5) is 9.57. The second-order valence-electron chi connectivity index (χ2n) is 4.17. The number of aromatic nitrogens is 1. The number of thiocarbonyl (C=S) groups is 1. The van der Waals surface area contributed by atoms with Crippen LogP contribution in [0, 0.1) is 0 Å². The van der Waals surface area contributed by atoms with E-state index in [9.17, 15) is 0 Å². The standard InChI is InChI=1S/C12H18N4S/c1-2-15-6-8-16(9-7-15)11-5-3-4-10(14-11)12(13)17/h3-5H,2,6-9H2,1H3,(H2,13,17). The Bertz CT molecular complexity index is 399. The predicted molar refractivity (Wildman–Crippen MR) is 74.5 cm³/mol. The Labute approximate surface area is 107 Å². The zero-order valence-electron chi connectivity index (χ0n) is 10.1. The summed E-state index contributed by atoms with van der Waals surface area (Å²) in [5.74, 6) is 0.978. The second kappa shape index (κ2) is 5.42. The lowest BCUT2D eigenvalue weighted by atomic mass is 10.3. The van der Waals surface area contributed by atoms with Gasteiger partial charge >= 0.3 is 0 Å². The van der Waals surface area contributed by atoms with Crippen molar-refractivity contribution in [2.45, 2.75) is 6.92 Å². The van der Waals surface area contributed by atoms with Crippen molar-refractivity contribution >= 4 is 23.0 Å². The first-order chi connectivity index (χ1) is 8.20. The van der Waals surface area contributed by atoms with Gasteiger partial charge < -0.3 is 15.5 Å². The lowest BCUT2D eigenvalue weighted by molar-refractivity contribution is 0.270. The van der Waals surface area contributed by atoms with E-state index < -0.39 is 0 Å². The van der Waals surface area contributed by atoms with Crippen molar-refractivity contribution in [3.8, 4) is 0 Å². The molecular formula is C12H18N4S. The zero-order chi connectivity index (χ0) is 12.3. The molecule has 0 aliphatic carbocycles. The summed E-state index contributed by atoms with van der Waals surface area (Å²) >= 11 is 4.95. The quantitative estimate of drug-likeness (QED) is 0.806. The third-order valence-corrected chi connectivity index (χ3v) is 3.34. The summed E-state index contributed by atoms with van der Waals surface area (Å²) in [5.41, 5.74) is 6.30. The molecule has 0 amide bonds. The van der Waals surface area contributed by atoms with Gasteiger partial charge in [-0.3, -0.25) is 0 Å². The Balaban J connectivity index is 2.08. The molecule has 1 aromatic rings. The summed E-state index contributed by atoms with van der Waals surface area (Å²) in [6, 6.07) is 5.83. The third-order valence-electron chi connectivity index (χ3n) is 3.13. The van der Waals surface area contributed by atoms with E-state index in [0.717, 1.165) is 38.5 Å². The van der Waals surface area contributed by atoms with E-state index in [1.807, 2.05) is 18.2 Å². The average Bonchev–Trinajstić information content (AvgIpc) is 2.39. The normalized spacial score (nSPS) is 17.1. The molecule has 0 radical (unpaired) electrons. The number of nitrogens with zero attached hydrogens (tertiary/aromatic N) is 3. The number of pyridine rings is 1. The van der Waals surface area contributed by atoms with Gasteiger partial charge in [-0.1, -0.05) is 25.2 Å². The van der Waals surface area contributed by atoms with Crippen molar-refractivity contribution in [1.29, 1.82) is 0 Å². The number of nitrogens with two attached hydrogens (primary N) is 1. The summed E-state index contributed by atoms with van der Waals surface area (Å²) in [7, 11) is 0. The first-order valence-corrected chi connectivity index (χ1v) is 6.35. The number of likely N-dealkylation sites (N-methyl/N-ethyl adjacent to an activating group) is 1. The van der Waals surface area contributed by atoms with E-state index >= 15 is 0 Å². The van der Waals surface area contributed by atoms with Crippen molar-refractivity contribution in [3.63, 3.8) is 0 Å². The molecule has 4 nitrogen and oxygen atoms in total. The van der Waals surface area contributed by atoms with E-state index in [1.165, 1.54) is 0 Å². The molecule has 2 heterocycles. The van der Waals surface area contributed by atoms with Crippen molar-refractivity contribution in [1.82, 2.24) is 9.88 Å². The first-order valence-electron chi connectivity index (χ1n) is 5.95. The van der Waals surface area contributed by atoms with E-state index in [0.29, 0.717) is 10.7 Å². The Morgan fingerprint density at radius 1 is 1.35 bits per heavy atom. The fourth-order valence-corrected chi connectivity index (χ4v) is 2.14. The molecule has 0 bridgehead atoms. The molecule has 1 aromatic heterocycles. The highest BCUT2D eigenvalue weighted by molar-refractivity contribution is 7.80. The molecule has 1 fully saturated rings. The maximum absolute atomic E-state index is 5.60. The fourth-order valence-electron chi connectivity index (χ4n) is 2.03. The average molecular weight is 250 g/mol. The van der Waals surface area contributed by atoms with Crippen molar-refractivity contribution in [2.24, 2.45) is 5.73 Å². The Kier molecular flexibility index (Phi) is 3.91. The van der Waals surface area contributed by atoms with E-state index in [1.54, 1.807) is 0 Å². The van der Waals surface area contributed by atoms with E-state index in [-0.39, 0.29) is 0 Å². The molecule has 0 unspecified atom stereocenters. The van der Waals surface area contributed by atoms with Crippen molar-refractivity contribution < 1.29 is 0 Å². The highest BCUT2D eigenvalue weighted by Gasteiger charge is 2.16. The van der Waals surface area contributed by atoms with Gasteiger partial charge in [0.25, 0.3) is 0 Å². The first kappa shape index (κ1) is 12.3. The molecule has 0 saturated carbocycles. The van der Waals surface area contributed by atoms with E-state index in [2.05, 4.69) is 21.7 Å². The number of piperazine rings is 1. The molecule has 1 saturated heterocycles. The van der Waals surface area contributed by atoms with Crippen LogP contribution in [-0.4, -0.2) is 47.6 Å². The van der Waals surface area contributed by atoms with Gasteiger partial charge in [0, 0.05) is 26.2 Å². The molecular weight excluding hydrogens is 232 g/mol. The molecule has 92 valence electrons. The predicted octanol–water partition coefficient (Wildman–Crippen LogP) is 0.858. The van der Waals surface area contributed by atoms with Crippen LogP contribution in [0.4, 0.5) is 5.82 Å². The number of rotatable bonds is 3. The van der Waals surface area contributed by atoms with Crippen LogP contribution in [-0.2, 0) is 0 Å². The van der Waals surface area contributed by atoms with Gasteiger partial charge in [-0.2, -0.15) is 0 Å². The minimum Gasteiger partial charge on any atom is -0.388 e. The summed E-state index contributed by atoms with van der Waals surface area (Å²) in [6.45, 7) is 7.53.